The third kappa shape index (κ3) is 2.97. The lowest BCUT2D eigenvalue weighted by molar-refractivity contribution is -0.145. The molecule has 0 aromatic carbocycles. The summed E-state index contributed by atoms with van der Waals surface area (Å²) >= 11 is 0. The van der Waals surface area contributed by atoms with Gasteiger partial charge in [-0.2, -0.15) is 0 Å². The molecule has 2 saturated heterocycles. The van der Waals surface area contributed by atoms with Crippen molar-refractivity contribution in [3.63, 3.8) is 0 Å². The third-order valence-electron chi connectivity index (χ3n) is 1.82. The lowest BCUT2D eigenvalue weighted by atomic mass is 10.3. The first-order valence-electron chi connectivity index (χ1n) is 4.30. The van der Waals surface area contributed by atoms with E-state index in [4.69, 9.17) is 10.2 Å². The molecule has 2 rings (SSSR count). The van der Waals surface area contributed by atoms with E-state index in [0.29, 0.717) is 26.1 Å². The number of rotatable bonds is 0. The predicted octanol–water partition coefficient (Wildman–Crippen LogP) is -1.41. The van der Waals surface area contributed by atoms with Gasteiger partial charge in [-0.25, -0.2) is 9.59 Å². The summed E-state index contributed by atoms with van der Waals surface area (Å²) in [6.45, 7) is 0.750. The number of ether oxygens (including phenoxy) is 2. The molecular formula is C8H12O6. The Labute approximate surface area is 80.4 Å². The standard InChI is InChI=1S/2C4H6O3/c2*5-3-1-2-7-4(3)6/h2*3,5H,1-2H2. The molecule has 0 saturated carbocycles. The van der Waals surface area contributed by atoms with Gasteiger partial charge in [-0.3, -0.25) is 0 Å². The number of aliphatic hydroxyl groups excluding tert-OH is 2. The second-order valence-electron chi connectivity index (χ2n) is 2.94. The molecule has 0 radical (unpaired) electrons. The van der Waals surface area contributed by atoms with Gasteiger partial charge >= 0.3 is 11.9 Å². The summed E-state index contributed by atoms with van der Waals surface area (Å²) in [7, 11) is 0. The van der Waals surface area contributed by atoms with Crippen molar-refractivity contribution in [1.29, 1.82) is 0 Å². The van der Waals surface area contributed by atoms with Crippen LogP contribution in [0.3, 0.4) is 0 Å². The van der Waals surface area contributed by atoms with E-state index in [-0.39, 0.29) is 0 Å². The van der Waals surface area contributed by atoms with Crippen LogP contribution in [0.5, 0.6) is 0 Å². The first-order chi connectivity index (χ1) is 6.61. The Balaban J connectivity index is 0.000000140. The molecule has 2 fully saturated rings. The minimum Gasteiger partial charge on any atom is -0.464 e. The van der Waals surface area contributed by atoms with Gasteiger partial charge in [0.25, 0.3) is 0 Å². The zero-order valence-electron chi connectivity index (χ0n) is 7.51. The van der Waals surface area contributed by atoms with Crippen LogP contribution in [-0.2, 0) is 19.1 Å². The van der Waals surface area contributed by atoms with E-state index in [1.807, 2.05) is 0 Å². The Morgan fingerprint density at radius 1 is 0.929 bits per heavy atom. The molecule has 0 aromatic rings. The molecule has 6 heteroatoms. The first kappa shape index (κ1) is 10.9. The fourth-order valence-corrected chi connectivity index (χ4v) is 0.970. The lowest BCUT2D eigenvalue weighted by Gasteiger charge is -1.88. The lowest BCUT2D eigenvalue weighted by Crippen LogP contribution is -2.11. The van der Waals surface area contributed by atoms with Crippen molar-refractivity contribution in [2.45, 2.75) is 25.0 Å². The highest BCUT2D eigenvalue weighted by Crippen LogP contribution is 2.03. The zero-order chi connectivity index (χ0) is 10.6. The highest BCUT2D eigenvalue weighted by atomic mass is 16.6. The van der Waals surface area contributed by atoms with Crippen LogP contribution in [0.1, 0.15) is 12.8 Å². The van der Waals surface area contributed by atoms with Crippen molar-refractivity contribution < 1.29 is 29.3 Å². The van der Waals surface area contributed by atoms with Crippen LogP contribution in [0.2, 0.25) is 0 Å². The molecular weight excluding hydrogens is 192 g/mol. The van der Waals surface area contributed by atoms with Crippen LogP contribution in [0.25, 0.3) is 0 Å². The topological polar surface area (TPSA) is 93.1 Å². The normalized spacial score (nSPS) is 30.4. The highest BCUT2D eigenvalue weighted by Gasteiger charge is 2.23. The van der Waals surface area contributed by atoms with Crippen molar-refractivity contribution in [3.05, 3.63) is 0 Å². The van der Waals surface area contributed by atoms with Crippen molar-refractivity contribution in [1.82, 2.24) is 0 Å². The fraction of sp³-hybridized carbons (Fsp3) is 0.750. The average molecular weight is 204 g/mol. The molecule has 2 N–H and O–H groups in total. The first-order valence-corrected chi connectivity index (χ1v) is 4.30. The number of carbonyl (C=O) groups is 2. The van der Waals surface area contributed by atoms with Crippen molar-refractivity contribution in [2.75, 3.05) is 13.2 Å². The van der Waals surface area contributed by atoms with Crippen LogP contribution < -0.4 is 0 Å². The third-order valence-corrected chi connectivity index (χ3v) is 1.82. The van der Waals surface area contributed by atoms with Gasteiger partial charge in [0.15, 0.2) is 12.2 Å². The maximum atomic E-state index is 10.1. The molecule has 6 nitrogen and oxygen atoms in total. The van der Waals surface area contributed by atoms with Gasteiger partial charge in [-0.1, -0.05) is 0 Å². The molecule has 2 aliphatic heterocycles. The molecule has 0 bridgehead atoms. The van der Waals surface area contributed by atoms with Gasteiger partial charge in [0.1, 0.15) is 0 Å². The summed E-state index contributed by atoms with van der Waals surface area (Å²) in [5.41, 5.74) is 0. The summed E-state index contributed by atoms with van der Waals surface area (Å²) in [5, 5.41) is 17.0. The minimum atomic E-state index is -0.847. The maximum Gasteiger partial charge on any atom is 0.335 e. The summed E-state index contributed by atoms with van der Waals surface area (Å²) in [6.07, 6.45) is -0.780. The van der Waals surface area contributed by atoms with Gasteiger partial charge in [0, 0.05) is 12.8 Å². The largest absolute Gasteiger partial charge is 0.464 e. The second kappa shape index (κ2) is 4.92. The molecule has 2 heterocycles. The van der Waals surface area contributed by atoms with Crippen LogP contribution in [-0.4, -0.2) is 47.6 Å². The van der Waals surface area contributed by atoms with Crippen LogP contribution in [0.4, 0.5) is 0 Å². The highest BCUT2D eigenvalue weighted by molar-refractivity contribution is 5.76. The predicted molar refractivity (Wildman–Crippen MR) is 43.2 cm³/mol. The van der Waals surface area contributed by atoms with Crippen LogP contribution in [0.15, 0.2) is 0 Å². The molecule has 14 heavy (non-hydrogen) atoms. The van der Waals surface area contributed by atoms with E-state index >= 15 is 0 Å². The number of aliphatic hydroxyl groups is 2. The van der Waals surface area contributed by atoms with E-state index in [0.717, 1.165) is 0 Å². The quantitative estimate of drug-likeness (QED) is 0.471. The summed E-state index contributed by atoms with van der Waals surface area (Å²) < 4.78 is 8.75. The van der Waals surface area contributed by atoms with Crippen molar-refractivity contribution in [3.8, 4) is 0 Å². The molecule has 0 aliphatic carbocycles. The smallest absolute Gasteiger partial charge is 0.335 e. The SMILES string of the molecule is O=C1OCCC1O.O=C1OCCC1O. The average Bonchev–Trinajstić information content (AvgIpc) is 2.67. The minimum absolute atomic E-state index is 0.375. The van der Waals surface area contributed by atoms with Crippen LogP contribution in [0, 0.1) is 0 Å². The Hall–Kier alpha value is -1.14. The summed E-state index contributed by atoms with van der Waals surface area (Å²) in [4.78, 5) is 20.2. The van der Waals surface area contributed by atoms with Gasteiger partial charge in [-0.15, -0.1) is 0 Å². The molecule has 2 aliphatic rings. The van der Waals surface area contributed by atoms with E-state index < -0.39 is 24.1 Å². The van der Waals surface area contributed by atoms with Gasteiger partial charge in [0.2, 0.25) is 0 Å². The van der Waals surface area contributed by atoms with Crippen molar-refractivity contribution >= 4 is 11.9 Å². The van der Waals surface area contributed by atoms with Crippen LogP contribution >= 0.6 is 0 Å². The Kier molecular flexibility index (Phi) is 3.84. The van der Waals surface area contributed by atoms with E-state index in [1.54, 1.807) is 0 Å². The second-order valence-corrected chi connectivity index (χ2v) is 2.94. The number of hydrogen-bond acceptors (Lipinski definition) is 6. The zero-order valence-corrected chi connectivity index (χ0v) is 7.51. The van der Waals surface area contributed by atoms with E-state index in [1.165, 1.54) is 0 Å². The Morgan fingerprint density at radius 3 is 1.36 bits per heavy atom. The van der Waals surface area contributed by atoms with Gasteiger partial charge < -0.3 is 19.7 Å². The monoisotopic (exact) mass is 204 g/mol. The van der Waals surface area contributed by atoms with Gasteiger partial charge in [0.05, 0.1) is 13.2 Å². The summed E-state index contributed by atoms with van der Waals surface area (Å²) in [6, 6.07) is 0. The molecule has 2 atom stereocenters. The molecule has 2 unspecified atom stereocenters. The van der Waals surface area contributed by atoms with E-state index in [9.17, 15) is 9.59 Å². The molecule has 80 valence electrons. The Bertz CT molecular complexity index is 202. The molecule has 0 spiro atoms. The number of cyclic esters (lactones) is 2. The van der Waals surface area contributed by atoms with E-state index in [2.05, 4.69) is 9.47 Å². The summed E-state index contributed by atoms with van der Waals surface area (Å²) in [5.74, 6) is -0.972. The maximum absolute atomic E-state index is 10.1. The number of carbonyl (C=O) groups excluding carboxylic acids is 2. The molecule has 0 aromatic heterocycles. The fourth-order valence-electron chi connectivity index (χ4n) is 0.970. The Morgan fingerprint density at radius 2 is 1.29 bits per heavy atom. The number of esters is 2. The molecule has 0 amide bonds. The van der Waals surface area contributed by atoms with Gasteiger partial charge in [-0.05, 0) is 0 Å². The number of hydrogen-bond donors (Lipinski definition) is 2. The van der Waals surface area contributed by atoms with Crippen molar-refractivity contribution in [2.24, 2.45) is 0 Å².